The SMILES string of the molecule is COc1ccc(-n2ncc(C(=O)Nc3ccc(C(C)C)cc3)c2C)cc1. The van der Waals surface area contributed by atoms with Crippen LogP contribution in [0.5, 0.6) is 5.75 Å². The quantitative estimate of drug-likeness (QED) is 0.734. The van der Waals surface area contributed by atoms with Crippen molar-refractivity contribution in [2.45, 2.75) is 26.7 Å². The summed E-state index contributed by atoms with van der Waals surface area (Å²) >= 11 is 0. The lowest BCUT2D eigenvalue weighted by Crippen LogP contribution is -2.13. The molecule has 1 aromatic heterocycles. The Labute approximate surface area is 153 Å². The first-order chi connectivity index (χ1) is 12.5. The maximum absolute atomic E-state index is 12.6. The maximum Gasteiger partial charge on any atom is 0.259 e. The molecule has 0 spiro atoms. The highest BCUT2D eigenvalue weighted by molar-refractivity contribution is 6.05. The molecule has 5 heteroatoms. The Kier molecular flexibility index (Phi) is 5.07. The van der Waals surface area contributed by atoms with Crippen LogP contribution in [0.15, 0.2) is 54.7 Å². The minimum atomic E-state index is -0.167. The number of ether oxygens (including phenoxy) is 1. The van der Waals surface area contributed by atoms with Crippen LogP contribution in [0.3, 0.4) is 0 Å². The van der Waals surface area contributed by atoms with Crippen LogP contribution >= 0.6 is 0 Å². The van der Waals surface area contributed by atoms with Gasteiger partial charge in [0.2, 0.25) is 0 Å². The second-order valence-electron chi connectivity index (χ2n) is 6.48. The maximum atomic E-state index is 12.6. The molecule has 3 aromatic rings. The molecular formula is C21H23N3O2. The molecule has 134 valence electrons. The summed E-state index contributed by atoms with van der Waals surface area (Å²) in [7, 11) is 1.63. The highest BCUT2D eigenvalue weighted by Crippen LogP contribution is 2.20. The molecule has 1 amide bonds. The summed E-state index contributed by atoms with van der Waals surface area (Å²) in [6.07, 6.45) is 1.59. The van der Waals surface area contributed by atoms with E-state index in [1.54, 1.807) is 18.0 Å². The number of nitrogens with zero attached hydrogens (tertiary/aromatic N) is 2. The molecule has 0 aliphatic rings. The monoisotopic (exact) mass is 349 g/mol. The number of carbonyl (C=O) groups is 1. The van der Waals surface area contributed by atoms with E-state index in [1.165, 1.54) is 5.56 Å². The first kappa shape index (κ1) is 17.7. The Bertz CT molecular complexity index is 894. The van der Waals surface area contributed by atoms with E-state index in [-0.39, 0.29) is 5.91 Å². The first-order valence-corrected chi connectivity index (χ1v) is 8.60. The van der Waals surface area contributed by atoms with Crippen LogP contribution in [0.2, 0.25) is 0 Å². The Morgan fingerprint density at radius 1 is 1.08 bits per heavy atom. The fourth-order valence-corrected chi connectivity index (χ4v) is 2.77. The molecule has 5 nitrogen and oxygen atoms in total. The molecule has 0 radical (unpaired) electrons. The average molecular weight is 349 g/mol. The third kappa shape index (κ3) is 3.61. The van der Waals surface area contributed by atoms with E-state index in [4.69, 9.17) is 4.74 Å². The number of nitrogens with one attached hydrogen (secondary N) is 1. The van der Waals surface area contributed by atoms with Gasteiger partial charge in [0, 0.05) is 5.69 Å². The summed E-state index contributed by atoms with van der Waals surface area (Å²) in [6, 6.07) is 15.5. The zero-order chi connectivity index (χ0) is 18.7. The van der Waals surface area contributed by atoms with E-state index in [0.717, 1.165) is 22.8 Å². The van der Waals surface area contributed by atoms with Gasteiger partial charge in [-0.2, -0.15) is 5.10 Å². The molecule has 0 fully saturated rings. The molecule has 26 heavy (non-hydrogen) atoms. The van der Waals surface area contributed by atoms with Crippen LogP contribution < -0.4 is 10.1 Å². The lowest BCUT2D eigenvalue weighted by atomic mass is 10.0. The van der Waals surface area contributed by atoms with Gasteiger partial charge < -0.3 is 10.1 Å². The first-order valence-electron chi connectivity index (χ1n) is 8.60. The van der Waals surface area contributed by atoms with Gasteiger partial charge >= 0.3 is 0 Å². The predicted molar refractivity (Wildman–Crippen MR) is 103 cm³/mol. The number of anilines is 1. The number of benzene rings is 2. The van der Waals surface area contributed by atoms with Crippen LogP contribution in [-0.2, 0) is 0 Å². The summed E-state index contributed by atoms with van der Waals surface area (Å²) in [5, 5.41) is 7.29. The minimum absolute atomic E-state index is 0.167. The molecule has 0 atom stereocenters. The summed E-state index contributed by atoms with van der Waals surface area (Å²) in [5.41, 5.74) is 4.23. The van der Waals surface area contributed by atoms with Gasteiger partial charge in [-0.3, -0.25) is 4.79 Å². The Hall–Kier alpha value is -3.08. The second kappa shape index (κ2) is 7.44. The van der Waals surface area contributed by atoms with Crippen molar-refractivity contribution in [2.75, 3.05) is 12.4 Å². The van der Waals surface area contributed by atoms with Crippen LogP contribution in [-0.4, -0.2) is 22.8 Å². The zero-order valence-corrected chi connectivity index (χ0v) is 15.5. The molecule has 3 rings (SSSR count). The van der Waals surface area contributed by atoms with Crippen molar-refractivity contribution in [1.29, 1.82) is 0 Å². The van der Waals surface area contributed by atoms with E-state index in [0.29, 0.717) is 11.5 Å². The van der Waals surface area contributed by atoms with Gasteiger partial charge in [-0.05, 0) is 54.8 Å². The van der Waals surface area contributed by atoms with Gasteiger partial charge in [0.15, 0.2) is 0 Å². The second-order valence-corrected chi connectivity index (χ2v) is 6.48. The molecule has 1 heterocycles. The van der Waals surface area contributed by atoms with Crippen molar-refractivity contribution >= 4 is 11.6 Å². The molecular weight excluding hydrogens is 326 g/mol. The fraction of sp³-hybridized carbons (Fsp3) is 0.238. The van der Waals surface area contributed by atoms with Gasteiger partial charge in [0.25, 0.3) is 5.91 Å². The van der Waals surface area contributed by atoms with Crippen molar-refractivity contribution in [2.24, 2.45) is 0 Å². The molecule has 0 aliphatic carbocycles. The fourth-order valence-electron chi connectivity index (χ4n) is 2.77. The summed E-state index contributed by atoms with van der Waals surface area (Å²) in [4.78, 5) is 12.6. The lowest BCUT2D eigenvalue weighted by molar-refractivity contribution is 0.102. The largest absolute Gasteiger partial charge is 0.497 e. The van der Waals surface area contributed by atoms with Crippen LogP contribution in [0.25, 0.3) is 5.69 Å². The number of hydrogen-bond donors (Lipinski definition) is 1. The summed E-state index contributed by atoms with van der Waals surface area (Å²) < 4.78 is 6.92. The molecule has 0 unspecified atom stereocenters. The number of carbonyl (C=O) groups excluding carboxylic acids is 1. The van der Waals surface area contributed by atoms with Crippen LogP contribution in [0.4, 0.5) is 5.69 Å². The highest BCUT2D eigenvalue weighted by Gasteiger charge is 2.15. The molecule has 0 aliphatic heterocycles. The van der Waals surface area contributed by atoms with Crippen molar-refractivity contribution in [1.82, 2.24) is 9.78 Å². The predicted octanol–water partition coefficient (Wildman–Crippen LogP) is 4.57. The van der Waals surface area contributed by atoms with E-state index in [1.807, 2.05) is 55.5 Å². The van der Waals surface area contributed by atoms with Gasteiger partial charge in [-0.1, -0.05) is 26.0 Å². The van der Waals surface area contributed by atoms with Crippen molar-refractivity contribution < 1.29 is 9.53 Å². The lowest BCUT2D eigenvalue weighted by Gasteiger charge is -2.09. The number of methoxy groups -OCH3 is 1. The normalized spacial score (nSPS) is 10.8. The number of aromatic nitrogens is 2. The molecule has 1 N–H and O–H groups in total. The van der Waals surface area contributed by atoms with Gasteiger partial charge in [-0.25, -0.2) is 4.68 Å². The van der Waals surface area contributed by atoms with Crippen LogP contribution in [0, 0.1) is 6.92 Å². The van der Waals surface area contributed by atoms with Gasteiger partial charge in [0.1, 0.15) is 5.75 Å². The zero-order valence-electron chi connectivity index (χ0n) is 15.5. The Balaban J connectivity index is 1.78. The van der Waals surface area contributed by atoms with Gasteiger partial charge in [0.05, 0.1) is 30.3 Å². The van der Waals surface area contributed by atoms with Crippen molar-refractivity contribution in [3.05, 3.63) is 71.5 Å². The molecule has 0 saturated carbocycles. The van der Waals surface area contributed by atoms with Crippen molar-refractivity contribution in [3.63, 3.8) is 0 Å². The van der Waals surface area contributed by atoms with E-state index in [2.05, 4.69) is 24.3 Å². The standard InChI is InChI=1S/C21H23N3O2/c1-14(2)16-5-7-17(8-6-16)23-21(25)20-13-22-24(15(20)3)18-9-11-19(26-4)12-10-18/h5-14H,1-4H3,(H,23,25). The van der Waals surface area contributed by atoms with Crippen LogP contribution in [0.1, 0.15) is 41.4 Å². The minimum Gasteiger partial charge on any atom is -0.497 e. The highest BCUT2D eigenvalue weighted by atomic mass is 16.5. The topological polar surface area (TPSA) is 56.2 Å². The molecule has 2 aromatic carbocycles. The summed E-state index contributed by atoms with van der Waals surface area (Å²) in [6.45, 7) is 6.17. The Morgan fingerprint density at radius 2 is 1.73 bits per heavy atom. The number of hydrogen-bond acceptors (Lipinski definition) is 3. The van der Waals surface area contributed by atoms with Crippen molar-refractivity contribution in [3.8, 4) is 11.4 Å². The van der Waals surface area contributed by atoms with E-state index >= 15 is 0 Å². The number of amides is 1. The summed E-state index contributed by atoms with van der Waals surface area (Å²) in [5.74, 6) is 1.07. The smallest absolute Gasteiger partial charge is 0.259 e. The third-order valence-electron chi connectivity index (χ3n) is 4.41. The number of rotatable bonds is 5. The molecule has 0 saturated heterocycles. The van der Waals surface area contributed by atoms with Gasteiger partial charge in [-0.15, -0.1) is 0 Å². The van der Waals surface area contributed by atoms with E-state index < -0.39 is 0 Å². The molecule has 0 bridgehead atoms. The Morgan fingerprint density at radius 3 is 2.31 bits per heavy atom. The van der Waals surface area contributed by atoms with E-state index in [9.17, 15) is 4.79 Å². The average Bonchev–Trinajstić information content (AvgIpc) is 3.04. The third-order valence-corrected chi connectivity index (χ3v) is 4.41.